The standard InChI is InChI=1S/C24H29NO5S/c1-5-14-29-19-12-8-7-11-18(19)25-22(27)16-31-20-13-9-6-10-17(20)23(28)30-15-21(26)24(2,3)4/h6-13H,5,14-16H2,1-4H3,(H,25,27). The topological polar surface area (TPSA) is 81.7 Å². The molecule has 0 aliphatic rings. The number of nitrogens with one attached hydrogen (secondary N) is 1. The Bertz CT molecular complexity index is 920. The minimum Gasteiger partial charge on any atom is -0.491 e. The fourth-order valence-electron chi connectivity index (χ4n) is 2.42. The molecular weight excluding hydrogens is 414 g/mol. The van der Waals surface area contributed by atoms with Crippen LogP contribution in [0.4, 0.5) is 5.69 Å². The van der Waals surface area contributed by atoms with Gasteiger partial charge in [0.25, 0.3) is 0 Å². The summed E-state index contributed by atoms with van der Waals surface area (Å²) in [5, 5.41) is 2.85. The Morgan fingerprint density at radius 2 is 1.68 bits per heavy atom. The third-order valence-electron chi connectivity index (χ3n) is 4.26. The first kappa shape index (κ1) is 24.5. The lowest BCUT2D eigenvalue weighted by Gasteiger charge is -2.16. The number of ketones is 1. The zero-order valence-electron chi connectivity index (χ0n) is 18.4. The van der Waals surface area contributed by atoms with Crippen LogP contribution in [0.1, 0.15) is 44.5 Å². The van der Waals surface area contributed by atoms with Gasteiger partial charge in [-0.2, -0.15) is 0 Å². The molecule has 0 aromatic heterocycles. The Kier molecular flexibility index (Phi) is 9.12. The maximum atomic E-state index is 12.5. The van der Waals surface area contributed by atoms with Crippen molar-refractivity contribution >= 4 is 35.1 Å². The van der Waals surface area contributed by atoms with Crippen molar-refractivity contribution in [3.8, 4) is 5.75 Å². The van der Waals surface area contributed by atoms with Crippen LogP contribution < -0.4 is 10.1 Å². The monoisotopic (exact) mass is 443 g/mol. The number of hydrogen-bond donors (Lipinski definition) is 1. The molecule has 0 spiro atoms. The van der Waals surface area contributed by atoms with Gasteiger partial charge in [-0.25, -0.2) is 4.79 Å². The predicted octanol–water partition coefficient (Wildman–Crippen LogP) is 4.98. The number of carbonyl (C=O) groups excluding carboxylic acids is 3. The van der Waals surface area contributed by atoms with Crippen LogP contribution in [0.15, 0.2) is 53.4 Å². The molecule has 6 nitrogen and oxygen atoms in total. The van der Waals surface area contributed by atoms with Crippen molar-refractivity contribution in [2.24, 2.45) is 5.41 Å². The van der Waals surface area contributed by atoms with Crippen molar-refractivity contribution in [3.05, 3.63) is 54.1 Å². The zero-order valence-corrected chi connectivity index (χ0v) is 19.2. The van der Waals surface area contributed by atoms with Gasteiger partial charge in [-0.1, -0.05) is 52.0 Å². The molecule has 0 aliphatic carbocycles. The molecule has 1 N–H and O–H groups in total. The third kappa shape index (κ3) is 7.75. The minimum absolute atomic E-state index is 0.104. The quantitative estimate of drug-likeness (QED) is 0.412. The highest BCUT2D eigenvalue weighted by molar-refractivity contribution is 8.00. The van der Waals surface area contributed by atoms with Gasteiger partial charge in [0.2, 0.25) is 5.91 Å². The number of rotatable bonds is 10. The Hall–Kier alpha value is -2.80. The number of thioether (sulfide) groups is 1. The number of para-hydroxylation sites is 2. The van der Waals surface area contributed by atoms with E-state index in [1.165, 1.54) is 11.8 Å². The first-order valence-electron chi connectivity index (χ1n) is 10.2. The van der Waals surface area contributed by atoms with Crippen LogP contribution in [-0.4, -0.2) is 36.6 Å². The lowest BCUT2D eigenvalue weighted by atomic mass is 9.91. The van der Waals surface area contributed by atoms with Crippen LogP contribution in [0.5, 0.6) is 5.75 Å². The molecule has 7 heteroatoms. The summed E-state index contributed by atoms with van der Waals surface area (Å²) in [6.07, 6.45) is 0.867. The summed E-state index contributed by atoms with van der Waals surface area (Å²) in [7, 11) is 0. The molecule has 0 radical (unpaired) electrons. The number of Topliss-reactive ketones (excluding diaryl/α,β-unsaturated/α-hetero) is 1. The van der Waals surface area contributed by atoms with E-state index in [1.807, 2.05) is 25.1 Å². The second-order valence-corrected chi connectivity index (χ2v) is 8.94. The van der Waals surface area contributed by atoms with Crippen molar-refractivity contribution in [3.63, 3.8) is 0 Å². The number of carbonyl (C=O) groups is 3. The summed E-state index contributed by atoms with van der Waals surface area (Å²) >= 11 is 1.23. The molecule has 0 heterocycles. The second kappa shape index (κ2) is 11.6. The van der Waals surface area contributed by atoms with E-state index in [4.69, 9.17) is 9.47 Å². The van der Waals surface area contributed by atoms with Crippen LogP contribution in [0.2, 0.25) is 0 Å². The number of amides is 1. The fraction of sp³-hybridized carbons (Fsp3) is 0.375. The van der Waals surface area contributed by atoms with Gasteiger partial charge in [-0.05, 0) is 30.7 Å². The molecule has 0 fully saturated rings. The molecule has 0 unspecified atom stereocenters. The number of esters is 1. The van der Waals surface area contributed by atoms with Gasteiger partial charge in [-0.3, -0.25) is 9.59 Å². The Morgan fingerprint density at radius 1 is 1.00 bits per heavy atom. The van der Waals surface area contributed by atoms with Crippen molar-refractivity contribution < 1.29 is 23.9 Å². The maximum absolute atomic E-state index is 12.5. The van der Waals surface area contributed by atoms with Crippen molar-refractivity contribution in [2.45, 2.75) is 39.0 Å². The molecule has 1 amide bonds. The van der Waals surface area contributed by atoms with E-state index in [0.717, 1.165) is 6.42 Å². The van der Waals surface area contributed by atoms with Gasteiger partial charge in [0, 0.05) is 10.3 Å². The summed E-state index contributed by atoms with van der Waals surface area (Å²) in [4.78, 5) is 37.6. The number of ether oxygens (including phenoxy) is 2. The normalized spacial score (nSPS) is 11.0. The van der Waals surface area contributed by atoms with E-state index in [2.05, 4.69) is 5.32 Å². The fourth-order valence-corrected chi connectivity index (χ4v) is 3.26. The lowest BCUT2D eigenvalue weighted by molar-refractivity contribution is -0.129. The summed E-state index contributed by atoms with van der Waals surface area (Å²) < 4.78 is 10.9. The molecule has 0 saturated carbocycles. The first-order valence-corrected chi connectivity index (χ1v) is 11.1. The summed E-state index contributed by atoms with van der Waals surface area (Å²) in [6, 6.07) is 14.1. The smallest absolute Gasteiger partial charge is 0.339 e. The SMILES string of the molecule is CCCOc1ccccc1NC(=O)CSc1ccccc1C(=O)OCC(=O)C(C)(C)C. The Balaban J connectivity index is 1.98. The lowest BCUT2D eigenvalue weighted by Crippen LogP contribution is -2.26. The van der Waals surface area contributed by atoms with Crippen molar-refractivity contribution in [1.82, 2.24) is 0 Å². The number of hydrogen-bond acceptors (Lipinski definition) is 6. The van der Waals surface area contributed by atoms with E-state index < -0.39 is 11.4 Å². The Morgan fingerprint density at radius 3 is 2.39 bits per heavy atom. The summed E-state index contributed by atoms with van der Waals surface area (Å²) in [5.74, 6) is -0.236. The van der Waals surface area contributed by atoms with Gasteiger partial charge in [0.05, 0.1) is 23.6 Å². The van der Waals surface area contributed by atoms with Gasteiger partial charge in [-0.15, -0.1) is 11.8 Å². The molecule has 2 aromatic rings. The van der Waals surface area contributed by atoms with Gasteiger partial charge in [0.15, 0.2) is 12.4 Å². The first-order chi connectivity index (χ1) is 14.7. The van der Waals surface area contributed by atoms with Crippen LogP contribution in [0.25, 0.3) is 0 Å². The molecule has 2 aromatic carbocycles. The summed E-state index contributed by atoms with van der Waals surface area (Å²) in [5.41, 5.74) is 0.354. The Labute approximate surface area is 187 Å². The molecule has 0 bridgehead atoms. The van der Waals surface area contributed by atoms with E-state index in [9.17, 15) is 14.4 Å². The van der Waals surface area contributed by atoms with Crippen LogP contribution in [0.3, 0.4) is 0 Å². The zero-order chi connectivity index (χ0) is 22.9. The van der Waals surface area contributed by atoms with E-state index in [0.29, 0.717) is 28.5 Å². The third-order valence-corrected chi connectivity index (χ3v) is 5.33. The van der Waals surface area contributed by atoms with E-state index in [1.54, 1.807) is 51.1 Å². The predicted molar refractivity (Wildman–Crippen MR) is 123 cm³/mol. The second-order valence-electron chi connectivity index (χ2n) is 7.93. The average Bonchev–Trinajstić information content (AvgIpc) is 2.74. The molecule has 2 rings (SSSR count). The molecule has 31 heavy (non-hydrogen) atoms. The average molecular weight is 444 g/mol. The van der Waals surface area contributed by atoms with Crippen molar-refractivity contribution in [1.29, 1.82) is 0 Å². The molecule has 0 atom stereocenters. The molecular formula is C24H29NO5S. The number of benzene rings is 2. The van der Waals surface area contributed by atoms with E-state index >= 15 is 0 Å². The van der Waals surface area contributed by atoms with E-state index in [-0.39, 0.29) is 24.1 Å². The number of anilines is 1. The minimum atomic E-state index is -0.584. The molecule has 0 aliphatic heterocycles. The van der Waals surface area contributed by atoms with Crippen LogP contribution >= 0.6 is 11.8 Å². The van der Waals surface area contributed by atoms with Crippen LogP contribution in [-0.2, 0) is 14.3 Å². The van der Waals surface area contributed by atoms with Gasteiger partial charge < -0.3 is 14.8 Å². The van der Waals surface area contributed by atoms with Gasteiger partial charge >= 0.3 is 5.97 Å². The van der Waals surface area contributed by atoms with Crippen molar-refractivity contribution in [2.75, 3.05) is 24.3 Å². The highest BCUT2D eigenvalue weighted by atomic mass is 32.2. The summed E-state index contributed by atoms with van der Waals surface area (Å²) in [6.45, 7) is 7.62. The molecule has 0 saturated heterocycles. The highest BCUT2D eigenvalue weighted by Gasteiger charge is 2.23. The largest absolute Gasteiger partial charge is 0.491 e. The maximum Gasteiger partial charge on any atom is 0.339 e. The molecule has 166 valence electrons. The van der Waals surface area contributed by atoms with Crippen LogP contribution in [0, 0.1) is 5.41 Å². The highest BCUT2D eigenvalue weighted by Crippen LogP contribution is 2.26. The van der Waals surface area contributed by atoms with Gasteiger partial charge in [0.1, 0.15) is 5.75 Å².